The van der Waals surface area contributed by atoms with Gasteiger partial charge in [-0.05, 0) is 54.3 Å². The lowest BCUT2D eigenvalue weighted by Crippen LogP contribution is -2.44. The molecule has 212 valence electrons. The van der Waals surface area contributed by atoms with E-state index in [0.717, 1.165) is 32.6 Å². The molecule has 4 heterocycles. The number of carbonyl (C=O) groups excluding carboxylic acids is 3. The van der Waals surface area contributed by atoms with Crippen molar-refractivity contribution in [3.63, 3.8) is 0 Å². The number of aromatic amines is 1. The number of hydrogen-bond acceptors (Lipinski definition) is 5. The standard InChI is InChI=1S/C32H28N4O6/c1-42-19-14-12-18(13-15-19)28-27-22(20-7-2-4-9-23(20)33-27)17-26-30(38)36(32(41)35(26)28)24-10-5-3-8-21(24)29(37)34-16-6-11-25(34)31(39)40/h2-5,7-10,12-15,25-26,28,33H,6,11,16-17H2,1H3,(H,39,40)/t25-,26-,28+/m0/s1. The van der Waals surface area contributed by atoms with Crippen LogP contribution in [0.3, 0.4) is 0 Å². The quantitative estimate of drug-likeness (QED) is 0.348. The van der Waals surface area contributed by atoms with Crippen molar-refractivity contribution in [2.24, 2.45) is 0 Å². The number of nitrogens with one attached hydrogen (secondary N) is 1. The predicted molar refractivity (Wildman–Crippen MR) is 153 cm³/mol. The number of benzene rings is 3. The zero-order valence-corrected chi connectivity index (χ0v) is 22.8. The molecule has 4 amide bonds. The van der Waals surface area contributed by atoms with Gasteiger partial charge in [-0.2, -0.15) is 0 Å². The van der Waals surface area contributed by atoms with Crippen molar-refractivity contribution >= 4 is 40.4 Å². The van der Waals surface area contributed by atoms with E-state index in [1.807, 2.05) is 48.5 Å². The lowest BCUT2D eigenvalue weighted by molar-refractivity contribution is -0.141. The number of hydrogen-bond donors (Lipinski definition) is 2. The second kappa shape index (κ2) is 9.76. The molecular formula is C32H28N4O6. The maximum absolute atomic E-state index is 14.3. The number of rotatable bonds is 5. The van der Waals surface area contributed by atoms with E-state index in [2.05, 4.69) is 4.98 Å². The van der Waals surface area contributed by atoms with E-state index in [4.69, 9.17) is 4.74 Å². The number of carbonyl (C=O) groups is 4. The number of imide groups is 1. The van der Waals surface area contributed by atoms with Crippen molar-refractivity contribution in [3.05, 3.63) is 95.2 Å². The van der Waals surface area contributed by atoms with Crippen LogP contribution in [0, 0.1) is 0 Å². The van der Waals surface area contributed by atoms with Crippen LogP contribution in [0.1, 0.15) is 46.1 Å². The summed E-state index contributed by atoms with van der Waals surface area (Å²) < 4.78 is 5.35. The molecule has 10 nitrogen and oxygen atoms in total. The van der Waals surface area contributed by atoms with Crippen LogP contribution in [0.2, 0.25) is 0 Å². The fraction of sp³-hybridized carbons (Fsp3) is 0.250. The van der Waals surface area contributed by atoms with Crippen LogP contribution < -0.4 is 9.64 Å². The number of carboxylic acid groups (broad SMARTS) is 1. The molecule has 2 saturated heterocycles. The van der Waals surface area contributed by atoms with Crippen molar-refractivity contribution in [2.45, 2.75) is 37.4 Å². The lowest BCUT2D eigenvalue weighted by Gasteiger charge is -2.36. The van der Waals surface area contributed by atoms with Gasteiger partial charge in [0, 0.05) is 29.6 Å². The number of fused-ring (bicyclic) bond motifs is 4. The highest BCUT2D eigenvalue weighted by Crippen LogP contribution is 2.45. The van der Waals surface area contributed by atoms with E-state index in [1.54, 1.807) is 36.3 Å². The summed E-state index contributed by atoms with van der Waals surface area (Å²) in [5.41, 5.74) is 3.82. The maximum Gasteiger partial charge on any atom is 0.332 e. The maximum atomic E-state index is 14.3. The van der Waals surface area contributed by atoms with E-state index < -0.39 is 41.9 Å². The van der Waals surface area contributed by atoms with E-state index in [0.29, 0.717) is 31.6 Å². The van der Waals surface area contributed by atoms with Crippen LogP contribution in [0.5, 0.6) is 5.75 Å². The minimum Gasteiger partial charge on any atom is -0.497 e. The molecule has 3 aliphatic rings. The largest absolute Gasteiger partial charge is 0.497 e. The van der Waals surface area contributed by atoms with Crippen LogP contribution in [-0.4, -0.2) is 69.4 Å². The van der Waals surface area contributed by atoms with E-state index in [1.165, 1.54) is 4.90 Å². The number of para-hydroxylation sites is 2. The molecule has 2 N–H and O–H groups in total. The third kappa shape index (κ3) is 3.78. The van der Waals surface area contributed by atoms with Gasteiger partial charge in [-0.1, -0.05) is 42.5 Å². The van der Waals surface area contributed by atoms with Gasteiger partial charge >= 0.3 is 12.0 Å². The first-order valence-corrected chi connectivity index (χ1v) is 13.9. The Bertz CT molecular complexity index is 1760. The summed E-state index contributed by atoms with van der Waals surface area (Å²) in [5, 5.41) is 10.7. The fourth-order valence-corrected chi connectivity index (χ4v) is 6.70. The zero-order valence-electron chi connectivity index (χ0n) is 22.8. The molecule has 0 saturated carbocycles. The Morgan fingerprint density at radius 1 is 0.976 bits per heavy atom. The third-order valence-corrected chi connectivity index (χ3v) is 8.65. The highest BCUT2D eigenvalue weighted by molar-refractivity contribution is 6.24. The second-order valence-electron chi connectivity index (χ2n) is 10.8. The van der Waals surface area contributed by atoms with Gasteiger partial charge in [0.05, 0.1) is 18.4 Å². The number of ether oxygens (including phenoxy) is 1. The molecule has 42 heavy (non-hydrogen) atoms. The first-order valence-electron chi connectivity index (χ1n) is 13.9. The molecule has 0 bridgehead atoms. The van der Waals surface area contributed by atoms with Gasteiger partial charge in [0.25, 0.3) is 11.8 Å². The number of aromatic nitrogens is 1. The molecule has 0 spiro atoms. The van der Waals surface area contributed by atoms with Crippen molar-refractivity contribution in [1.82, 2.24) is 14.8 Å². The second-order valence-corrected chi connectivity index (χ2v) is 10.8. The lowest BCUT2D eigenvalue weighted by atomic mass is 9.89. The number of amides is 4. The van der Waals surface area contributed by atoms with Crippen LogP contribution in [0.4, 0.5) is 10.5 Å². The molecule has 7 rings (SSSR count). The Kier molecular flexibility index (Phi) is 6.00. The van der Waals surface area contributed by atoms with Crippen LogP contribution in [0.15, 0.2) is 72.8 Å². The van der Waals surface area contributed by atoms with Gasteiger partial charge in [0.1, 0.15) is 23.9 Å². The SMILES string of the molecule is COc1ccc([C@@H]2c3[nH]c4ccccc4c3C[C@H]3C(=O)N(c4ccccc4C(=O)N4CCC[C@H]4C(=O)O)C(=O)N23)cc1. The van der Waals surface area contributed by atoms with Crippen LogP contribution in [0.25, 0.3) is 10.9 Å². The highest BCUT2D eigenvalue weighted by Gasteiger charge is 2.54. The molecule has 3 aromatic carbocycles. The number of carboxylic acids is 1. The highest BCUT2D eigenvalue weighted by atomic mass is 16.5. The van der Waals surface area contributed by atoms with Gasteiger partial charge in [-0.3, -0.25) is 14.5 Å². The summed E-state index contributed by atoms with van der Waals surface area (Å²) in [5.74, 6) is -1.34. The summed E-state index contributed by atoms with van der Waals surface area (Å²) >= 11 is 0. The van der Waals surface area contributed by atoms with Crippen LogP contribution >= 0.6 is 0 Å². The van der Waals surface area contributed by atoms with E-state index in [9.17, 15) is 24.3 Å². The third-order valence-electron chi connectivity index (χ3n) is 8.65. The first-order chi connectivity index (χ1) is 20.4. The summed E-state index contributed by atoms with van der Waals surface area (Å²) in [6, 6.07) is 18.9. The summed E-state index contributed by atoms with van der Waals surface area (Å²) in [6.07, 6.45) is 1.24. The molecule has 0 aliphatic carbocycles. The minimum atomic E-state index is -1.07. The zero-order chi connectivity index (χ0) is 29.1. The fourth-order valence-electron chi connectivity index (χ4n) is 6.70. The summed E-state index contributed by atoms with van der Waals surface area (Å²) in [7, 11) is 1.58. The van der Waals surface area contributed by atoms with Crippen molar-refractivity contribution in [2.75, 3.05) is 18.6 Å². The minimum absolute atomic E-state index is 0.122. The topological polar surface area (TPSA) is 123 Å². The molecule has 4 aromatic rings. The molecule has 3 atom stereocenters. The Hall–Kier alpha value is -5.12. The Balaban J connectivity index is 1.33. The molecule has 1 aromatic heterocycles. The van der Waals surface area contributed by atoms with Crippen molar-refractivity contribution in [3.8, 4) is 5.75 Å². The molecule has 0 radical (unpaired) electrons. The van der Waals surface area contributed by atoms with Crippen LogP contribution in [-0.2, 0) is 16.0 Å². The van der Waals surface area contributed by atoms with Crippen molar-refractivity contribution in [1.29, 1.82) is 0 Å². The molecule has 3 aliphatic heterocycles. The summed E-state index contributed by atoms with van der Waals surface area (Å²) in [4.78, 5) is 61.5. The number of H-pyrrole nitrogens is 1. The molecule has 2 fully saturated rings. The van der Waals surface area contributed by atoms with Gasteiger partial charge in [0.15, 0.2) is 0 Å². The smallest absolute Gasteiger partial charge is 0.332 e. The average molecular weight is 565 g/mol. The number of likely N-dealkylation sites (tertiary alicyclic amines) is 1. The van der Waals surface area contributed by atoms with E-state index in [-0.39, 0.29) is 11.3 Å². The number of nitrogens with zero attached hydrogens (tertiary/aromatic N) is 3. The molecule has 10 heteroatoms. The number of anilines is 1. The molecular weight excluding hydrogens is 536 g/mol. The van der Waals surface area contributed by atoms with Gasteiger partial charge < -0.3 is 19.7 Å². The summed E-state index contributed by atoms with van der Waals surface area (Å²) in [6.45, 7) is 0.294. The Morgan fingerprint density at radius 2 is 1.71 bits per heavy atom. The van der Waals surface area contributed by atoms with Crippen molar-refractivity contribution < 1.29 is 29.0 Å². The Labute approximate surface area is 241 Å². The Morgan fingerprint density at radius 3 is 2.48 bits per heavy atom. The average Bonchev–Trinajstić information content (AvgIpc) is 3.71. The predicted octanol–water partition coefficient (Wildman–Crippen LogP) is 4.35. The number of methoxy groups -OCH3 is 1. The van der Waals surface area contributed by atoms with Gasteiger partial charge in [0.2, 0.25) is 0 Å². The van der Waals surface area contributed by atoms with E-state index >= 15 is 0 Å². The van der Waals surface area contributed by atoms with Gasteiger partial charge in [-0.25, -0.2) is 14.5 Å². The van der Waals surface area contributed by atoms with Gasteiger partial charge in [-0.15, -0.1) is 0 Å². The molecule has 0 unspecified atom stereocenters. The monoisotopic (exact) mass is 564 g/mol. The first kappa shape index (κ1) is 25.8. The normalized spacial score (nSPS) is 21.5. The number of urea groups is 1. The number of aliphatic carboxylic acids is 1.